The van der Waals surface area contributed by atoms with Crippen LogP contribution in [0.15, 0.2) is 17.5 Å². The molecule has 6 heteroatoms. The second-order valence-corrected chi connectivity index (χ2v) is 6.43. The molecule has 0 amide bonds. The molecule has 0 aliphatic carbocycles. The number of aliphatic hydroxyl groups excluding tert-OH is 1. The van der Waals surface area contributed by atoms with Crippen molar-refractivity contribution < 1.29 is 14.6 Å². The van der Waals surface area contributed by atoms with Crippen molar-refractivity contribution in [3.63, 3.8) is 0 Å². The molecule has 2 heterocycles. The van der Waals surface area contributed by atoms with Crippen molar-refractivity contribution in [2.45, 2.75) is 25.9 Å². The molecule has 3 rings (SSSR count). The molecule has 0 saturated carbocycles. The molecule has 2 aromatic rings. The number of rotatable bonds is 3. The largest absolute Gasteiger partial charge is 0.489 e. The first-order valence-electron chi connectivity index (χ1n) is 6.81. The van der Waals surface area contributed by atoms with Gasteiger partial charge in [-0.05, 0) is 24.6 Å². The van der Waals surface area contributed by atoms with Crippen LogP contribution in [0.25, 0.3) is 0 Å². The lowest BCUT2D eigenvalue weighted by atomic mass is 10.0. The zero-order chi connectivity index (χ0) is 14.8. The van der Waals surface area contributed by atoms with E-state index in [1.54, 1.807) is 23.5 Å². The lowest BCUT2D eigenvalue weighted by molar-refractivity contribution is 0.176. The van der Waals surface area contributed by atoms with Gasteiger partial charge in [-0.1, -0.05) is 11.6 Å². The minimum atomic E-state index is -0.666. The fourth-order valence-corrected chi connectivity index (χ4v) is 3.16. The molecule has 1 N–H and O–H groups in total. The van der Waals surface area contributed by atoms with E-state index in [0.29, 0.717) is 36.2 Å². The summed E-state index contributed by atoms with van der Waals surface area (Å²) in [5.74, 6) is 1.16. The van der Waals surface area contributed by atoms with Gasteiger partial charge in [0, 0.05) is 18.2 Å². The summed E-state index contributed by atoms with van der Waals surface area (Å²) in [6.07, 6.45) is 0.613. The van der Waals surface area contributed by atoms with E-state index in [0.717, 1.165) is 22.7 Å². The van der Waals surface area contributed by atoms with Crippen molar-refractivity contribution >= 4 is 22.9 Å². The van der Waals surface area contributed by atoms with Gasteiger partial charge in [0.15, 0.2) is 11.5 Å². The third-order valence-electron chi connectivity index (χ3n) is 3.28. The molecule has 0 saturated heterocycles. The summed E-state index contributed by atoms with van der Waals surface area (Å²) in [7, 11) is 0. The van der Waals surface area contributed by atoms with Crippen LogP contribution in [-0.2, 0) is 6.42 Å². The molecule has 0 radical (unpaired) electrons. The number of benzene rings is 1. The van der Waals surface area contributed by atoms with E-state index in [4.69, 9.17) is 21.1 Å². The van der Waals surface area contributed by atoms with Crippen molar-refractivity contribution in [1.29, 1.82) is 0 Å². The fourth-order valence-electron chi connectivity index (χ4n) is 2.26. The molecule has 1 aromatic carbocycles. The zero-order valence-electron chi connectivity index (χ0n) is 11.6. The summed E-state index contributed by atoms with van der Waals surface area (Å²) < 4.78 is 11.2. The molecule has 1 aliphatic rings. The summed E-state index contributed by atoms with van der Waals surface area (Å²) in [6.45, 7) is 3.13. The van der Waals surface area contributed by atoms with E-state index in [1.807, 2.05) is 12.3 Å². The lowest BCUT2D eigenvalue weighted by Crippen LogP contribution is -2.03. The van der Waals surface area contributed by atoms with Gasteiger partial charge in [-0.2, -0.15) is 0 Å². The Morgan fingerprint density at radius 1 is 1.38 bits per heavy atom. The Labute approximate surface area is 132 Å². The van der Waals surface area contributed by atoms with Gasteiger partial charge in [-0.15, -0.1) is 11.3 Å². The van der Waals surface area contributed by atoms with Crippen molar-refractivity contribution in [3.8, 4) is 11.5 Å². The van der Waals surface area contributed by atoms with Crippen molar-refractivity contribution in [3.05, 3.63) is 38.8 Å². The predicted octanol–water partition coefficient (Wildman–Crippen LogP) is 3.54. The predicted molar refractivity (Wildman–Crippen MR) is 82.6 cm³/mol. The fraction of sp³-hybridized carbons (Fsp3) is 0.400. The Kier molecular flexibility index (Phi) is 4.33. The van der Waals surface area contributed by atoms with Crippen LogP contribution >= 0.6 is 22.9 Å². The van der Waals surface area contributed by atoms with Gasteiger partial charge in [0.1, 0.15) is 0 Å². The van der Waals surface area contributed by atoms with Crippen molar-refractivity contribution in [2.75, 3.05) is 13.2 Å². The van der Waals surface area contributed by atoms with Crippen LogP contribution in [-0.4, -0.2) is 23.3 Å². The first kappa shape index (κ1) is 14.6. The number of aliphatic hydroxyl groups is 1. The molecule has 21 heavy (non-hydrogen) atoms. The normalized spacial score (nSPS) is 15.6. The summed E-state index contributed by atoms with van der Waals surface area (Å²) >= 11 is 7.82. The summed E-state index contributed by atoms with van der Waals surface area (Å²) in [5, 5.41) is 13.8. The highest BCUT2D eigenvalue weighted by molar-refractivity contribution is 7.09. The number of ether oxygens (including phenoxy) is 2. The molecule has 0 spiro atoms. The molecule has 0 bridgehead atoms. The Balaban J connectivity index is 1.84. The first-order valence-corrected chi connectivity index (χ1v) is 8.07. The Bertz CT molecular complexity index is 644. The topological polar surface area (TPSA) is 51.6 Å². The van der Waals surface area contributed by atoms with Gasteiger partial charge in [0.2, 0.25) is 0 Å². The molecule has 1 atom stereocenters. The van der Waals surface area contributed by atoms with Crippen molar-refractivity contribution in [1.82, 2.24) is 4.98 Å². The standard InChI is InChI=1S/C15H16ClNO3S/c1-9-17-11(8-21-9)7-13(18)10-5-12(16)15-14(6-10)19-3-2-4-20-15/h5-6,8,13,18H,2-4,7H2,1H3. The summed E-state index contributed by atoms with van der Waals surface area (Å²) in [6, 6.07) is 3.54. The quantitative estimate of drug-likeness (QED) is 0.937. The molecule has 112 valence electrons. The van der Waals surface area contributed by atoms with Gasteiger partial charge in [-0.3, -0.25) is 0 Å². The number of hydrogen-bond donors (Lipinski definition) is 1. The second kappa shape index (κ2) is 6.22. The number of aromatic nitrogens is 1. The van der Waals surface area contributed by atoms with Crippen LogP contribution < -0.4 is 9.47 Å². The Morgan fingerprint density at radius 3 is 2.95 bits per heavy atom. The zero-order valence-corrected chi connectivity index (χ0v) is 13.2. The number of fused-ring (bicyclic) bond motifs is 1. The minimum Gasteiger partial charge on any atom is -0.489 e. The van der Waals surface area contributed by atoms with E-state index < -0.39 is 6.10 Å². The minimum absolute atomic E-state index is 0.459. The van der Waals surface area contributed by atoms with Crippen LogP contribution in [0.1, 0.15) is 28.8 Å². The molecule has 1 unspecified atom stereocenters. The summed E-state index contributed by atoms with van der Waals surface area (Å²) in [4.78, 5) is 4.37. The highest BCUT2D eigenvalue weighted by atomic mass is 35.5. The molecular formula is C15H16ClNO3S. The van der Waals surface area contributed by atoms with E-state index in [-0.39, 0.29) is 0 Å². The van der Waals surface area contributed by atoms with E-state index in [2.05, 4.69) is 4.98 Å². The smallest absolute Gasteiger partial charge is 0.179 e. The highest BCUT2D eigenvalue weighted by Gasteiger charge is 2.19. The van der Waals surface area contributed by atoms with Crippen molar-refractivity contribution in [2.24, 2.45) is 0 Å². The second-order valence-electron chi connectivity index (χ2n) is 4.96. The number of halogens is 1. The third kappa shape index (κ3) is 3.31. The van der Waals surface area contributed by atoms with Crippen LogP contribution in [0.3, 0.4) is 0 Å². The average molecular weight is 326 g/mol. The maximum atomic E-state index is 10.4. The van der Waals surface area contributed by atoms with Crippen LogP contribution in [0.5, 0.6) is 11.5 Å². The van der Waals surface area contributed by atoms with Gasteiger partial charge >= 0.3 is 0 Å². The number of aryl methyl sites for hydroxylation is 1. The van der Waals surface area contributed by atoms with E-state index in [9.17, 15) is 5.11 Å². The maximum absolute atomic E-state index is 10.4. The van der Waals surface area contributed by atoms with Crippen LogP contribution in [0, 0.1) is 6.92 Å². The lowest BCUT2D eigenvalue weighted by Gasteiger charge is -2.15. The molecule has 0 fully saturated rings. The monoisotopic (exact) mass is 325 g/mol. The number of nitrogens with zero attached hydrogens (tertiary/aromatic N) is 1. The van der Waals surface area contributed by atoms with Crippen LogP contribution in [0.2, 0.25) is 5.02 Å². The van der Waals surface area contributed by atoms with Gasteiger partial charge < -0.3 is 14.6 Å². The molecule has 4 nitrogen and oxygen atoms in total. The number of hydrogen-bond acceptors (Lipinski definition) is 5. The average Bonchev–Trinajstić information content (AvgIpc) is 2.72. The van der Waals surface area contributed by atoms with Gasteiger partial charge in [0.25, 0.3) is 0 Å². The SMILES string of the molecule is Cc1nc(CC(O)c2cc(Cl)c3c(c2)OCCCO3)cs1. The Hall–Kier alpha value is -1.30. The Morgan fingerprint density at radius 2 is 2.19 bits per heavy atom. The third-order valence-corrected chi connectivity index (χ3v) is 4.38. The maximum Gasteiger partial charge on any atom is 0.179 e. The van der Waals surface area contributed by atoms with Gasteiger partial charge in [0.05, 0.1) is 35.0 Å². The van der Waals surface area contributed by atoms with E-state index in [1.165, 1.54) is 0 Å². The molecule has 1 aromatic heterocycles. The molecular weight excluding hydrogens is 310 g/mol. The van der Waals surface area contributed by atoms with Crippen LogP contribution in [0.4, 0.5) is 0 Å². The summed E-state index contributed by atoms with van der Waals surface area (Å²) in [5.41, 5.74) is 1.60. The molecule has 1 aliphatic heterocycles. The van der Waals surface area contributed by atoms with E-state index >= 15 is 0 Å². The van der Waals surface area contributed by atoms with Gasteiger partial charge in [-0.25, -0.2) is 4.98 Å². The first-order chi connectivity index (χ1) is 10.1. The highest BCUT2D eigenvalue weighted by Crippen LogP contribution is 2.39. The number of thiazole rings is 1.